The van der Waals surface area contributed by atoms with E-state index in [4.69, 9.17) is 18.6 Å². The predicted octanol–water partition coefficient (Wildman–Crippen LogP) is 4.36. The van der Waals surface area contributed by atoms with Crippen molar-refractivity contribution in [3.8, 4) is 0 Å². The largest absolute Gasteiger partial charge is 0.465 e. The van der Waals surface area contributed by atoms with Crippen molar-refractivity contribution >= 4 is 28.5 Å². The molecule has 0 saturated carbocycles. The summed E-state index contributed by atoms with van der Waals surface area (Å²) < 4.78 is 16.2. The number of fused-ring (bicyclic) bond motifs is 2. The van der Waals surface area contributed by atoms with E-state index in [1.807, 2.05) is 42.5 Å². The van der Waals surface area contributed by atoms with E-state index in [2.05, 4.69) is 10.2 Å². The number of furan rings is 1. The molecule has 1 aliphatic rings. The molecule has 1 aliphatic carbocycles. The Kier molecular flexibility index (Phi) is 4.20. The highest BCUT2D eigenvalue weighted by molar-refractivity contribution is 6.07. The Labute approximate surface area is 166 Å². The van der Waals surface area contributed by atoms with Crippen molar-refractivity contribution < 1.29 is 18.4 Å². The number of ether oxygens (including phenoxy) is 1. The van der Waals surface area contributed by atoms with Gasteiger partial charge in [0.1, 0.15) is 5.76 Å². The molecule has 29 heavy (non-hydrogen) atoms. The number of carbonyl (C=O) groups is 1. The maximum Gasteiger partial charge on any atom is 0.339 e. The quantitative estimate of drug-likeness (QED) is 0.480. The third kappa shape index (κ3) is 3.20. The maximum absolute atomic E-state index is 13.0. The molecule has 0 radical (unpaired) electrons. The number of pyridine rings is 1. The Morgan fingerprint density at radius 1 is 1.17 bits per heavy atom. The number of hydrogen-bond acceptors (Lipinski definition) is 7. The van der Waals surface area contributed by atoms with Crippen LogP contribution >= 0.6 is 0 Å². The first kappa shape index (κ1) is 17.4. The topological polar surface area (TPSA) is 91.2 Å². The van der Waals surface area contributed by atoms with E-state index < -0.39 is 5.97 Å². The molecular weight excluding hydrogens is 370 g/mol. The molecule has 3 aromatic heterocycles. The van der Waals surface area contributed by atoms with Crippen LogP contribution in [-0.2, 0) is 17.8 Å². The molecule has 1 aromatic carbocycles. The first-order valence-corrected chi connectivity index (χ1v) is 9.31. The summed E-state index contributed by atoms with van der Waals surface area (Å²) in [5, 5.41) is 8.41. The van der Waals surface area contributed by atoms with Gasteiger partial charge >= 0.3 is 5.97 Å². The summed E-state index contributed by atoms with van der Waals surface area (Å²) in [7, 11) is 0. The summed E-state index contributed by atoms with van der Waals surface area (Å²) in [5.74, 6) is 1.04. The van der Waals surface area contributed by atoms with Crippen LogP contribution in [0.2, 0.25) is 0 Å². The zero-order chi connectivity index (χ0) is 19.8. The smallest absolute Gasteiger partial charge is 0.339 e. The number of allylic oxidation sites excluding steroid dienone is 1. The highest BCUT2D eigenvalue weighted by Gasteiger charge is 2.28. The van der Waals surface area contributed by atoms with Crippen LogP contribution < -0.4 is 0 Å². The standard InChI is InChI=1S/C22H17N3O4/c1-13-24-25-19(29-13)12-28-22(26)20-16-6-2-3-7-18(16)23-21-14(8-9-17(20)21)11-15-5-4-10-27-15/h2-7,10-11H,8-9,12H2,1H3/b14-11+. The molecular formula is C22H17N3O4. The highest BCUT2D eigenvalue weighted by Crippen LogP contribution is 2.37. The summed E-state index contributed by atoms with van der Waals surface area (Å²) >= 11 is 0. The number of rotatable bonds is 4. The van der Waals surface area contributed by atoms with Crippen LogP contribution in [0.15, 0.2) is 51.5 Å². The molecule has 4 aromatic rings. The van der Waals surface area contributed by atoms with Crippen molar-refractivity contribution in [1.82, 2.24) is 15.2 Å². The molecule has 0 bridgehead atoms. The van der Waals surface area contributed by atoms with Crippen LogP contribution in [-0.4, -0.2) is 21.2 Å². The van der Waals surface area contributed by atoms with Gasteiger partial charge in [-0.05, 0) is 48.3 Å². The molecule has 7 heteroatoms. The van der Waals surface area contributed by atoms with E-state index in [0.29, 0.717) is 17.9 Å². The van der Waals surface area contributed by atoms with Crippen molar-refractivity contribution in [3.63, 3.8) is 0 Å². The van der Waals surface area contributed by atoms with Gasteiger partial charge < -0.3 is 13.6 Å². The van der Waals surface area contributed by atoms with Crippen LogP contribution in [0.25, 0.3) is 22.6 Å². The SMILES string of the molecule is Cc1nnc(COC(=O)c2c3c(nc4ccccc24)/C(=C/c2ccco2)CC3)o1. The number of aromatic nitrogens is 3. The number of aryl methyl sites for hydroxylation is 1. The van der Waals surface area contributed by atoms with Crippen LogP contribution in [0.1, 0.15) is 45.6 Å². The fraction of sp³-hybridized carbons (Fsp3) is 0.182. The lowest BCUT2D eigenvalue weighted by Gasteiger charge is -2.11. The summed E-state index contributed by atoms with van der Waals surface area (Å²) in [5.41, 5.74) is 4.06. The average Bonchev–Trinajstić information content (AvgIpc) is 3.47. The van der Waals surface area contributed by atoms with Gasteiger partial charge in [-0.2, -0.15) is 0 Å². The van der Waals surface area contributed by atoms with Gasteiger partial charge in [-0.25, -0.2) is 9.78 Å². The minimum Gasteiger partial charge on any atom is -0.465 e. The van der Waals surface area contributed by atoms with Crippen molar-refractivity contribution in [2.45, 2.75) is 26.4 Å². The molecule has 0 saturated heterocycles. The Morgan fingerprint density at radius 3 is 2.86 bits per heavy atom. The van der Waals surface area contributed by atoms with Gasteiger partial charge in [-0.15, -0.1) is 10.2 Å². The van der Waals surface area contributed by atoms with Crippen molar-refractivity contribution in [2.24, 2.45) is 0 Å². The minimum atomic E-state index is -0.421. The van der Waals surface area contributed by atoms with Gasteiger partial charge in [0, 0.05) is 12.3 Å². The number of benzene rings is 1. The second-order valence-electron chi connectivity index (χ2n) is 6.81. The Bertz CT molecular complexity index is 1240. The average molecular weight is 387 g/mol. The van der Waals surface area contributed by atoms with Crippen molar-refractivity contribution in [1.29, 1.82) is 0 Å². The van der Waals surface area contributed by atoms with Crippen LogP contribution in [0.5, 0.6) is 0 Å². The van der Waals surface area contributed by atoms with E-state index in [9.17, 15) is 4.79 Å². The first-order valence-electron chi connectivity index (χ1n) is 9.31. The lowest BCUT2D eigenvalue weighted by atomic mass is 10.0. The number of hydrogen-bond donors (Lipinski definition) is 0. The minimum absolute atomic E-state index is 0.0693. The molecule has 0 fully saturated rings. The zero-order valence-electron chi connectivity index (χ0n) is 15.7. The van der Waals surface area contributed by atoms with Gasteiger partial charge in [0.2, 0.25) is 5.89 Å². The zero-order valence-corrected chi connectivity index (χ0v) is 15.7. The lowest BCUT2D eigenvalue weighted by molar-refractivity contribution is 0.0438. The summed E-state index contributed by atoms with van der Waals surface area (Å²) in [4.78, 5) is 17.9. The molecule has 0 unspecified atom stereocenters. The third-order valence-corrected chi connectivity index (χ3v) is 4.90. The second kappa shape index (κ2) is 7.01. The van der Waals surface area contributed by atoms with Gasteiger partial charge in [0.25, 0.3) is 5.89 Å². The number of carbonyl (C=O) groups excluding carboxylic acids is 1. The monoisotopic (exact) mass is 387 g/mol. The molecule has 0 spiro atoms. The molecule has 3 heterocycles. The Hall–Kier alpha value is -3.74. The lowest BCUT2D eigenvalue weighted by Crippen LogP contribution is -2.10. The summed E-state index contributed by atoms with van der Waals surface area (Å²) in [6.07, 6.45) is 5.11. The van der Waals surface area contributed by atoms with Gasteiger partial charge in [0.05, 0.1) is 23.0 Å². The van der Waals surface area contributed by atoms with Crippen LogP contribution in [0.3, 0.4) is 0 Å². The van der Waals surface area contributed by atoms with Crippen molar-refractivity contribution in [2.75, 3.05) is 0 Å². The van der Waals surface area contributed by atoms with Gasteiger partial charge in [0.15, 0.2) is 6.61 Å². The normalized spacial score (nSPS) is 14.4. The van der Waals surface area contributed by atoms with E-state index >= 15 is 0 Å². The molecule has 0 amide bonds. The fourth-order valence-corrected chi connectivity index (χ4v) is 3.65. The summed E-state index contributed by atoms with van der Waals surface area (Å²) in [6, 6.07) is 11.3. The maximum atomic E-state index is 13.0. The van der Waals surface area contributed by atoms with E-state index in [-0.39, 0.29) is 12.5 Å². The van der Waals surface area contributed by atoms with Gasteiger partial charge in [-0.3, -0.25) is 0 Å². The number of esters is 1. The predicted molar refractivity (Wildman–Crippen MR) is 105 cm³/mol. The Morgan fingerprint density at radius 2 is 2.07 bits per heavy atom. The molecule has 5 rings (SSSR count). The first-order chi connectivity index (χ1) is 14.2. The van der Waals surface area contributed by atoms with E-state index in [1.165, 1.54) is 0 Å². The Balaban J connectivity index is 1.56. The fourth-order valence-electron chi connectivity index (χ4n) is 3.65. The van der Waals surface area contributed by atoms with E-state index in [1.54, 1.807) is 13.2 Å². The second-order valence-corrected chi connectivity index (χ2v) is 6.81. The molecule has 0 aliphatic heterocycles. The van der Waals surface area contributed by atoms with E-state index in [0.717, 1.165) is 39.9 Å². The number of nitrogens with zero attached hydrogens (tertiary/aromatic N) is 3. The van der Waals surface area contributed by atoms with Gasteiger partial charge in [-0.1, -0.05) is 18.2 Å². The summed E-state index contributed by atoms with van der Waals surface area (Å²) in [6.45, 7) is 1.62. The third-order valence-electron chi connectivity index (χ3n) is 4.90. The van der Waals surface area contributed by atoms with Crippen LogP contribution in [0, 0.1) is 6.92 Å². The van der Waals surface area contributed by atoms with Crippen LogP contribution in [0.4, 0.5) is 0 Å². The number of para-hydroxylation sites is 1. The van der Waals surface area contributed by atoms with Crippen molar-refractivity contribution in [3.05, 3.63) is 77.0 Å². The molecule has 144 valence electrons. The highest BCUT2D eigenvalue weighted by atomic mass is 16.5. The molecule has 7 nitrogen and oxygen atoms in total. The molecule has 0 N–H and O–H groups in total. The molecule has 0 atom stereocenters.